The molecule has 0 saturated heterocycles. The van der Waals surface area contributed by atoms with Crippen molar-refractivity contribution in [3.63, 3.8) is 0 Å². The minimum absolute atomic E-state index is 0.944. The van der Waals surface area contributed by atoms with Crippen molar-refractivity contribution in [2.45, 2.75) is 20.0 Å². The van der Waals surface area contributed by atoms with Gasteiger partial charge >= 0.3 is 0 Å². The number of para-hydroxylation sites is 1. The third kappa shape index (κ3) is 2.92. The van der Waals surface area contributed by atoms with Crippen LogP contribution in [0.25, 0.3) is 10.9 Å². The second kappa shape index (κ2) is 6.03. The quantitative estimate of drug-likeness (QED) is 0.843. The molecule has 1 N–H and O–H groups in total. The van der Waals surface area contributed by atoms with Crippen molar-refractivity contribution >= 4 is 10.9 Å². The smallest absolute Gasteiger partial charge is 0.0526 e. The van der Waals surface area contributed by atoms with Crippen LogP contribution >= 0.6 is 0 Å². The molecule has 2 rings (SSSR count). The summed E-state index contributed by atoms with van der Waals surface area (Å²) in [5, 5.41) is 4.75. The largest absolute Gasteiger partial charge is 0.346 e. The Labute approximate surface area is 109 Å². The zero-order valence-electron chi connectivity index (χ0n) is 11.6. The van der Waals surface area contributed by atoms with Crippen LogP contribution in [-0.2, 0) is 13.1 Å². The molecule has 0 aliphatic rings. The third-order valence-corrected chi connectivity index (χ3v) is 3.23. The summed E-state index contributed by atoms with van der Waals surface area (Å²) >= 11 is 0. The maximum Gasteiger partial charge on any atom is 0.0526 e. The van der Waals surface area contributed by atoms with E-state index in [2.05, 4.69) is 66.3 Å². The molecule has 0 saturated carbocycles. The molecule has 0 amide bonds. The van der Waals surface area contributed by atoms with E-state index in [-0.39, 0.29) is 0 Å². The van der Waals surface area contributed by atoms with Crippen LogP contribution < -0.4 is 5.32 Å². The molecule has 1 aromatic carbocycles. The molecule has 98 valence electrons. The highest BCUT2D eigenvalue weighted by Gasteiger charge is 2.06. The number of hydrogen-bond acceptors (Lipinski definition) is 2. The number of hydrogen-bond donors (Lipinski definition) is 1. The first kappa shape index (κ1) is 13.1. The van der Waals surface area contributed by atoms with Gasteiger partial charge < -0.3 is 14.8 Å². The van der Waals surface area contributed by atoms with Crippen LogP contribution in [0, 0.1) is 0 Å². The maximum atomic E-state index is 3.41. The molecule has 0 atom stereocenters. The lowest BCUT2D eigenvalue weighted by atomic mass is 10.1. The van der Waals surface area contributed by atoms with Gasteiger partial charge in [-0.2, -0.15) is 0 Å². The highest BCUT2D eigenvalue weighted by Crippen LogP contribution is 2.20. The lowest BCUT2D eigenvalue weighted by molar-refractivity contribution is 0.387. The monoisotopic (exact) mass is 245 g/mol. The Morgan fingerprint density at radius 1 is 1.22 bits per heavy atom. The fourth-order valence-corrected chi connectivity index (χ4v) is 2.24. The molecule has 0 unspecified atom stereocenters. The molecular formula is C15H23N3. The first-order valence-corrected chi connectivity index (χ1v) is 6.64. The zero-order chi connectivity index (χ0) is 13.0. The summed E-state index contributed by atoms with van der Waals surface area (Å²) in [6, 6.07) is 8.76. The number of likely N-dealkylation sites (N-methyl/N-ethyl adjacent to an activating group) is 1. The van der Waals surface area contributed by atoms with Gasteiger partial charge in [-0.3, -0.25) is 0 Å². The summed E-state index contributed by atoms with van der Waals surface area (Å²) in [5.41, 5.74) is 2.76. The van der Waals surface area contributed by atoms with Crippen LogP contribution in [-0.4, -0.2) is 36.7 Å². The van der Waals surface area contributed by atoms with Crippen molar-refractivity contribution in [1.29, 1.82) is 0 Å². The van der Waals surface area contributed by atoms with E-state index in [9.17, 15) is 0 Å². The summed E-state index contributed by atoms with van der Waals surface area (Å²) in [6.07, 6.45) is 2.20. The topological polar surface area (TPSA) is 20.2 Å². The van der Waals surface area contributed by atoms with E-state index in [1.54, 1.807) is 0 Å². The fraction of sp³-hybridized carbons (Fsp3) is 0.467. The summed E-state index contributed by atoms with van der Waals surface area (Å²) in [5.74, 6) is 0. The molecule has 18 heavy (non-hydrogen) atoms. The average molecular weight is 245 g/mol. The van der Waals surface area contributed by atoms with Crippen LogP contribution in [0.15, 0.2) is 30.5 Å². The van der Waals surface area contributed by atoms with E-state index in [0.29, 0.717) is 0 Å². The van der Waals surface area contributed by atoms with Gasteiger partial charge in [-0.25, -0.2) is 0 Å². The van der Waals surface area contributed by atoms with Gasteiger partial charge in [0.1, 0.15) is 0 Å². The Morgan fingerprint density at radius 2 is 2.06 bits per heavy atom. The lowest BCUT2D eigenvalue weighted by Crippen LogP contribution is -2.18. The number of nitrogens with zero attached hydrogens (tertiary/aromatic N) is 2. The molecule has 0 fully saturated rings. The van der Waals surface area contributed by atoms with Crippen LogP contribution in [0.3, 0.4) is 0 Å². The molecular weight excluding hydrogens is 222 g/mol. The first-order valence-electron chi connectivity index (χ1n) is 6.64. The average Bonchev–Trinajstić information content (AvgIpc) is 2.77. The maximum absolute atomic E-state index is 3.41. The predicted octanol–water partition coefficient (Wildman–Crippen LogP) is 2.31. The Morgan fingerprint density at radius 3 is 2.78 bits per heavy atom. The van der Waals surface area contributed by atoms with Crippen LogP contribution in [0.4, 0.5) is 0 Å². The normalized spacial score (nSPS) is 11.6. The molecule has 1 aromatic heterocycles. The Balaban J connectivity index is 2.29. The van der Waals surface area contributed by atoms with E-state index in [1.165, 1.54) is 16.5 Å². The molecule has 0 bridgehead atoms. The van der Waals surface area contributed by atoms with Crippen LogP contribution in [0.1, 0.15) is 12.5 Å². The molecule has 2 aromatic rings. The molecule has 0 radical (unpaired) electrons. The predicted molar refractivity (Wildman–Crippen MR) is 77.9 cm³/mol. The number of nitrogens with one attached hydrogen (secondary N) is 1. The van der Waals surface area contributed by atoms with Gasteiger partial charge in [0.2, 0.25) is 0 Å². The van der Waals surface area contributed by atoms with Crippen molar-refractivity contribution in [3.8, 4) is 0 Å². The standard InChI is InChI=1S/C15H23N3/c1-4-16-12-14-7-5-6-13-8-9-18(15(13)14)11-10-17(2)3/h5-9,16H,4,10-12H2,1-3H3. The summed E-state index contributed by atoms with van der Waals surface area (Å²) < 4.78 is 2.36. The summed E-state index contributed by atoms with van der Waals surface area (Å²) in [4.78, 5) is 2.22. The van der Waals surface area contributed by atoms with Crippen molar-refractivity contribution in [3.05, 3.63) is 36.0 Å². The minimum Gasteiger partial charge on any atom is -0.346 e. The van der Waals surface area contributed by atoms with Crippen LogP contribution in [0.5, 0.6) is 0 Å². The summed E-state index contributed by atoms with van der Waals surface area (Å²) in [7, 11) is 4.23. The van der Waals surface area contributed by atoms with Crippen molar-refractivity contribution in [1.82, 2.24) is 14.8 Å². The van der Waals surface area contributed by atoms with Gasteiger partial charge in [0.15, 0.2) is 0 Å². The van der Waals surface area contributed by atoms with Crippen molar-refractivity contribution in [2.75, 3.05) is 27.2 Å². The second-order valence-corrected chi connectivity index (χ2v) is 4.95. The van der Waals surface area contributed by atoms with E-state index in [4.69, 9.17) is 0 Å². The van der Waals surface area contributed by atoms with Gasteiger partial charge in [0.05, 0.1) is 5.52 Å². The first-order chi connectivity index (χ1) is 8.72. The number of fused-ring (bicyclic) bond motifs is 1. The van der Waals surface area contributed by atoms with Crippen LogP contribution in [0.2, 0.25) is 0 Å². The van der Waals surface area contributed by atoms with Gasteiger partial charge in [0, 0.05) is 25.8 Å². The minimum atomic E-state index is 0.944. The highest BCUT2D eigenvalue weighted by molar-refractivity contribution is 5.83. The van der Waals surface area contributed by atoms with Gasteiger partial charge in [-0.1, -0.05) is 25.1 Å². The molecule has 3 nitrogen and oxygen atoms in total. The summed E-state index contributed by atoms with van der Waals surface area (Å²) in [6.45, 7) is 6.21. The molecule has 0 aliphatic heterocycles. The lowest BCUT2D eigenvalue weighted by Gasteiger charge is -2.13. The number of benzene rings is 1. The number of rotatable bonds is 6. The van der Waals surface area contributed by atoms with E-state index in [1.807, 2.05) is 0 Å². The Hall–Kier alpha value is -1.32. The van der Waals surface area contributed by atoms with Crippen molar-refractivity contribution < 1.29 is 0 Å². The third-order valence-electron chi connectivity index (χ3n) is 3.23. The SMILES string of the molecule is CCNCc1cccc2ccn(CCN(C)C)c12. The van der Waals surface area contributed by atoms with Gasteiger partial charge in [0.25, 0.3) is 0 Å². The molecule has 0 aliphatic carbocycles. The van der Waals surface area contributed by atoms with Gasteiger partial charge in [-0.15, -0.1) is 0 Å². The van der Waals surface area contributed by atoms with Gasteiger partial charge in [-0.05, 0) is 37.7 Å². The Bertz CT molecular complexity index is 499. The van der Waals surface area contributed by atoms with E-state index >= 15 is 0 Å². The van der Waals surface area contributed by atoms with E-state index in [0.717, 1.165) is 26.2 Å². The Kier molecular flexibility index (Phi) is 4.39. The molecule has 1 heterocycles. The number of aromatic nitrogens is 1. The zero-order valence-corrected chi connectivity index (χ0v) is 11.6. The van der Waals surface area contributed by atoms with Crippen molar-refractivity contribution in [2.24, 2.45) is 0 Å². The fourth-order valence-electron chi connectivity index (χ4n) is 2.24. The second-order valence-electron chi connectivity index (χ2n) is 4.95. The highest BCUT2D eigenvalue weighted by atomic mass is 15.1. The molecule has 3 heteroatoms. The van der Waals surface area contributed by atoms with E-state index < -0.39 is 0 Å². The molecule has 0 spiro atoms.